The van der Waals surface area contributed by atoms with E-state index in [0.29, 0.717) is 5.75 Å². The van der Waals surface area contributed by atoms with Gasteiger partial charge in [0, 0.05) is 23.8 Å². The number of nitrogens with one attached hydrogen (secondary N) is 1. The van der Waals surface area contributed by atoms with Crippen molar-refractivity contribution < 1.29 is 9.53 Å². The molecule has 3 N–H and O–H groups in total. The summed E-state index contributed by atoms with van der Waals surface area (Å²) in [5.41, 5.74) is 7.61. The van der Waals surface area contributed by atoms with Crippen molar-refractivity contribution in [2.75, 3.05) is 5.32 Å². The van der Waals surface area contributed by atoms with Gasteiger partial charge in [-0.05, 0) is 62.1 Å². The predicted octanol–water partition coefficient (Wildman–Crippen LogP) is 3.25. The lowest BCUT2D eigenvalue weighted by Crippen LogP contribution is -2.23. The predicted molar refractivity (Wildman–Crippen MR) is 89.4 cm³/mol. The van der Waals surface area contributed by atoms with Crippen LogP contribution in [0.4, 0.5) is 5.69 Å². The molecule has 0 aliphatic heterocycles. The number of amides is 1. The number of rotatable bonds is 4. The normalized spacial score (nSPS) is 20.3. The van der Waals surface area contributed by atoms with E-state index < -0.39 is 0 Å². The zero-order chi connectivity index (χ0) is 16.2. The molecule has 120 valence electrons. The molecule has 1 aromatic heterocycles. The first-order chi connectivity index (χ1) is 11.1. The number of hydrogen-bond donors (Lipinski definition) is 2. The van der Waals surface area contributed by atoms with E-state index in [-0.39, 0.29) is 17.9 Å². The summed E-state index contributed by atoms with van der Waals surface area (Å²) in [6.45, 7) is 1.95. The second-order valence-electron chi connectivity index (χ2n) is 6.03. The zero-order valence-corrected chi connectivity index (χ0v) is 13.2. The Labute approximate surface area is 135 Å². The number of nitrogens with two attached hydrogens (primary N) is 1. The average Bonchev–Trinajstić information content (AvgIpc) is 2.98. The highest BCUT2D eigenvalue weighted by Gasteiger charge is 2.27. The van der Waals surface area contributed by atoms with Crippen molar-refractivity contribution in [3.05, 3.63) is 48.3 Å². The van der Waals surface area contributed by atoms with Crippen molar-refractivity contribution >= 4 is 11.6 Å². The van der Waals surface area contributed by atoms with Gasteiger partial charge in [-0.2, -0.15) is 0 Å². The van der Waals surface area contributed by atoms with E-state index in [0.717, 1.165) is 36.3 Å². The molecule has 5 nitrogen and oxygen atoms in total. The Kier molecular flexibility index (Phi) is 4.57. The maximum atomic E-state index is 12.2. The standard InChI is InChI=1S/C18H21N3O2/c1-12-9-15(21-18(22)13-4-5-14(19)10-13)6-7-17(12)23-16-3-2-8-20-11-16/h2-3,6-9,11,13-14H,4-5,10,19H2,1H3,(H,21,22). The van der Waals surface area contributed by atoms with Crippen molar-refractivity contribution in [1.29, 1.82) is 0 Å². The van der Waals surface area contributed by atoms with Crippen LogP contribution in [0.3, 0.4) is 0 Å². The molecule has 1 aromatic carbocycles. The highest BCUT2D eigenvalue weighted by Crippen LogP contribution is 2.29. The van der Waals surface area contributed by atoms with Gasteiger partial charge in [-0.25, -0.2) is 0 Å². The second-order valence-corrected chi connectivity index (χ2v) is 6.03. The lowest BCUT2D eigenvalue weighted by Gasteiger charge is -2.13. The summed E-state index contributed by atoms with van der Waals surface area (Å²) in [6, 6.07) is 9.46. The van der Waals surface area contributed by atoms with Crippen LogP contribution in [0.15, 0.2) is 42.7 Å². The van der Waals surface area contributed by atoms with Gasteiger partial charge in [0.25, 0.3) is 0 Å². The maximum absolute atomic E-state index is 12.2. The summed E-state index contributed by atoms with van der Waals surface area (Å²) in [5.74, 6) is 1.51. The third-order valence-corrected chi connectivity index (χ3v) is 4.15. The van der Waals surface area contributed by atoms with Gasteiger partial charge in [0.1, 0.15) is 11.5 Å². The average molecular weight is 311 g/mol. The molecule has 1 saturated carbocycles. The van der Waals surface area contributed by atoms with Crippen LogP contribution in [-0.4, -0.2) is 16.9 Å². The van der Waals surface area contributed by atoms with Crippen molar-refractivity contribution in [2.45, 2.75) is 32.2 Å². The summed E-state index contributed by atoms with van der Waals surface area (Å²) >= 11 is 0. The summed E-state index contributed by atoms with van der Waals surface area (Å²) in [5, 5.41) is 2.97. The van der Waals surface area contributed by atoms with Crippen molar-refractivity contribution in [3.63, 3.8) is 0 Å². The van der Waals surface area contributed by atoms with Gasteiger partial charge in [-0.3, -0.25) is 9.78 Å². The van der Waals surface area contributed by atoms with E-state index in [9.17, 15) is 4.79 Å². The number of aromatic nitrogens is 1. The summed E-state index contributed by atoms with van der Waals surface area (Å²) in [4.78, 5) is 16.3. The molecular weight excluding hydrogens is 290 g/mol. The molecule has 2 aromatic rings. The monoisotopic (exact) mass is 311 g/mol. The zero-order valence-electron chi connectivity index (χ0n) is 13.2. The van der Waals surface area contributed by atoms with Crippen LogP contribution in [0.1, 0.15) is 24.8 Å². The molecule has 1 fully saturated rings. The molecule has 23 heavy (non-hydrogen) atoms. The summed E-state index contributed by atoms with van der Waals surface area (Å²) < 4.78 is 5.79. The molecule has 5 heteroatoms. The molecule has 2 atom stereocenters. The number of anilines is 1. The topological polar surface area (TPSA) is 77.2 Å². The quantitative estimate of drug-likeness (QED) is 0.908. The van der Waals surface area contributed by atoms with Crippen molar-refractivity contribution in [1.82, 2.24) is 4.98 Å². The Morgan fingerprint density at radius 3 is 2.87 bits per heavy atom. The second kappa shape index (κ2) is 6.79. The molecule has 1 heterocycles. The van der Waals surface area contributed by atoms with Crippen molar-refractivity contribution in [3.8, 4) is 11.5 Å². The highest BCUT2D eigenvalue weighted by atomic mass is 16.5. The number of carbonyl (C=O) groups is 1. The smallest absolute Gasteiger partial charge is 0.227 e. The lowest BCUT2D eigenvalue weighted by molar-refractivity contribution is -0.119. The minimum Gasteiger partial charge on any atom is -0.455 e. The number of hydrogen-bond acceptors (Lipinski definition) is 4. The van der Waals surface area contributed by atoms with Crippen LogP contribution in [0.25, 0.3) is 0 Å². The third kappa shape index (κ3) is 3.87. The van der Waals surface area contributed by atoms with Gasteiger partial charge in [0.15, 0.2) is 0 Å². The highest BCUT2D eigenvalue weighted by molar-refractivity contribution is 5.93. The fraction of sp³-hybridized carbons (Fsp3) is 0.333. The number of ether oxygens (including phenoxy) is 1. The van der Waals surface area contributed by atoms with Crippen LogP contribution in [0.5, 0.6) is 11.5 Å². The first-order valence-corrected chi connectivity index (χ1v) is 7.87. The lowest BCUT2D eigenvalue weighted by atomic mass is 10.1. The largest absolute Gasteiger partial charge is 0.455 e. The Hall–Kier alpha value is -2.40. The van der Waals surface area contributed by atoms with Crippen LogP contribution in [-0.2, 0) is 4.79 Å². The van der Waals surface area contributed by atoms with E-state index in [4.69, 9.17) is 10.5 Å². The van der Waals surface area contributed by atoms with Gasteiger partial charge >= 0.3 is 0 Å². The molecule has 1 aliphatic rings. The minimum atomic E-state index is 0.0247. The first-order valence-electron chi connectivity index (χ1n) is 7.87. The van der Waals surface area contributed by atoms with Crippen LogP contribution in [0.2, 0.25) is 0 Å². The molecule has 0 saturated heterocycles. The SMILES string of the molecule is Cc1cc(NC(=O)C2CCC(N)C2)ccc1Oc1cccnc1. The van der Waals surface area contributed by atoms with Gasteiger partial charge in [-0.15, -0.1) is 0 Å². The van der Waals surface area contributed by atoms with Gasteiger partial charge in [-0.1, -0.05) is 0 Å². The molecule has 2 unspecified atom stereocenters. The van der Waals surface area contributed by atoms with Gasteiger partial charge < -0.3 is 15.8 Å². The molecule has 3 rings (SSSR count). The first kappa shape index (κ1) is 15.5. The number of benzene rings is 1. The summed E-state index contributed by atoms with van der Waals surface area (Å²) in [6.07, 6.45) is 5.93. The van der Waals surface area contributed by atoms with E-state index >= 15 is 0 Å². The Bertz CT molecular complexity index is 688. The summed E-state index contributed by atoms with van der Waals surface area (Å²) in [7, 11) is 0. The van der Waals surface area contributed by atoms with Crippen LogP contribution < -0.4 is 15.8 Å². The Morgan fingerprint density at radius 2 is 2.22 bits per heavy atom. The van der Waals surface area contributed by atoms with Gasteiger partial charge in [0.05, 0.1) is 6.20 Å². The Morgan fingerprint density at radius 1 is 1.35 bits per heavy atom. The molecule has 1 aliphatic carbocycles. The minimum absolute atomic E-state index is 0.0247. The molecule has 0 spiro atoms. The van der Waals surface area contributed by atoms with Gasteiger partial charge in [0.2, 0.25) is 5.91 Å². The fourth-order valence-electron chi connectivity index (χ4n) is 2.87. The number of nitrogens with zero attached hydrogens (tertiary/aromatic N) is 1. The molecule has 1 amide bonds. The molecular formula is C18H21N3O2. The van der Waals surface area contributed by atoms with E-state index in [1.165, 1.54) is 0 Å². The maximum Gasteiger partial charge on any atom is 0.227 e. The molecule has 0 radical (unpaired) electrons. The third-order valence-electron chi connectivity index (χ3n) is 4.15. The van der Waals surface area contributed by atoms with E-state index in [2.05, 4.69) is 10.3 Å². The fourth-order valence-corrected chi connectivity index (χ4v) is 2.87. The van der Waals surface area contributed by atoms with Crippen LogP contribution in [0, 0.1) is 12.8 Å². The number of carbonyl (C=O) groups excluding carboxylic acids is 1. The Balaban J connectivity index is 1.66. The van der Waals surface area contributed by atoms with Crippen LogP contribution >= 0.6 is 0 Å². The van der Waals surface area contributed by atoms with Crippen molar-refractivity contribution in [2.24, 2.45) is 11.7 Å². The number of pyridine rings is 1. The van der Waals surface area contributed by atoms with E-state index in [1.54, 1.807) is 12.4 Å². The van der Waals surface area contributed by atoms with E-state index in [1.807, 2.05) is 37.3 Å². The molecule has 0 bridgehead atoms. The number of aryl methyl sites for hydroxylation is 1.